The summed E-state index contributed by atoms with van der Waals surface area (Å²) in [5.74, 6) is -5.62. The van der Waals surface area contributed by atoms with E-state index in [1.807, 2.05) is 29.6 Å². The van der Waals surface area contributed by atoms with Gasteiger partial charge in [-0.2, -0.15) is 0 Å². The smallest absolute Gasteiger partial charge is 0.328 e. The van der Waals surface area contributed by atoms with Crippen molar-refractivity contribution in [2.24, 2.45) is 5.73 Å². The van der Waals surface area contributed by atoms with Crippen LogP contribution in [0.5, 0.6) is 0 Å². The first kappa shape index (κ1) is 25.3. The fraction of sp³-hybridized carbons (Fsp3) is 0.350. The SMILES string of the molecule is NC(Cc1c[nH]c2ccccc12)C(=O)NCC(=O)NC(CC(=O)O)C(=O)NC(CO)C(=O)O. The van der Waals surface area contributed by atoms with Crippen molar-refractivity contribution in [2.75, 3.05) is 13.2 Å². The van der Waals surface area contributed by atoms with Crippen LogP contribution >= 0.6 is 0 Å². The molecule has 0 saturated carbocycles. The monoisotopic (exact) mass is 463 g/mol. The molecule has 178 valence electrons. The van der Waals surface area contributed by atoms with E-state index in [0.717, 1.165) is 16.5 Å². The predicted molar refractivity (Wildman–Crippen MR) is 114 cm³/mol. The van der Waals surface area contributed by atoms with Gasteiger partial charge in [-0.25, -0.2) is 4.79 Å². The molecule has 0 saturated heterocycles. The lowest BCUT2D eigenvalue weighted by Crippen LogP contribution is -2.55. The van der Waals surface area contributed by atoms with E-state index in [1.54, 1.807) is 6.20 Å². The van der Waals surface area contributed by atoms with Crippen molar-refractivity contribution in [3.05, 3.63) is 36.0 Å². The van der Waals surface area contributed by atoms with Crippen molar-refractivity contribution in [1.82, 2.24) is 20.9 Å². The lowest BCUT2D eigenvalue weighted by molar-refractivity contribution is -0.144. The molecule has 0 fully saturated rings. The van der Waals surface area contributed by atoms with Crippen LogP contribution in [0.1, 0.15) is 12.0 Å². The second-order valence-corrected chi connectivity index (χ2v) is 7.19. The van der Waals surface area contributed by atoms with Gasteiger partial charge in [-0.05, 0) is 18.1 Å². The molecule has 0 aliphatic rings. The fourth-order valence-electron chi connectivity index (χ4n) is 3.02. The van der Waals surface area contributed by atoms with E-state index in [-0.39, 0.29) is 6.42 Å². The summed E-state index contributed by atoms with van der Waals surface area (Å²) in [6.45, 7) is -1.52. The maximum atomic E-state index is 12.3. The summed E-state index contributed by atoms with van der Waals surface area (Å²) >= 11 is 0. The van der Waals surface area contributed by atoms with Crippen molar-refractivity contribution in [2.45, 2.75) is 31.0 Å². The van der Waals surface area contributed by atoms with Crippen molar-refractivity contribution in [3.63, 3.8) is 0 Å². The second kappa shape index (κ2) is 11.6. The number of para-hydroxylation sites is 1. The number of carboxylic acid groups (broad SMARTS) is 2. The maximum absolute atomic E-state index is 12.3. The number of aliphatic carboxylic acids is 2. The minimum atomic E-state index is -1.67. The molecule has 1 heterocycles. The zero-order valence-electron chi connectivity index (χ0n) is 17.4. The number of aliphatic hydroxyl groups is 1. The molecule has 1 aromatic heterocycles. The molecular weight excluding hydrogens is 438 g/mol. The topological polar surface area (TPSA) is 224 Å². The molecule has 0 spiro atoms. The first-order chi connectivity index (χ1) is 15.6. The Morgan fingerprint density at radius 1 is 1.00 bits per heavy atom. The largest absolute Gasteiger partial charge is 0.481 e. The molecule has 0 aliphatic heterocycles. The zero-order valence-corrected chi connectivity index (χ0v) is 17.4. The zero-order chi connectivity index (χ0) is 24.5. The highest BCUT2D eigenvalue weighted by Crippen LogP contribution is 2.18. The van der Waals surface area contributed by atoms with E-state index in [0.29, 0.717) is 0 Å². The number of aliphatic hydroxyl groups excluding tert-OH is 1. The van der Waals surface area contributed by atoms with Gasteiger partial charge in [-0.15, -0.1) is 0 Å². The van der Waals surface area contributed by atoms with Crippen molar-refractivity contribution in [1.29, 1.82) is 0 Å². The lowest BCUT2D eigenvalue weighted by atomic mass is 10.1. The van der Waals surface area contributed by atoms with E-state index in [9.17, 15) is 24.0 Å². The highest BCUT2D eigenvalue weighted by molar-refractivity contribution is 5.94. The molecule has 33 heavy (non-hydrogen) atoms. The molecular formula is C20H25N5O8. The molecule has 9 N–H and O–H groups in total. The van der Waals surface area contributed by atoms with Gasteiger partial charge in [0, 0.05) is 17.1 Å². The Morgan fingerprint density at radius 3 is 2.33 bits per heavy atom. The van der Waals surface area contributed by atoms with Crippen LogP contribution in [0.15, 0.2) is 30.5 Å². The second-order valence-electron chi connectivity index (χ2n) is 7.19. The number of rotatable bonds is 12. The van der Waals surface area contributed by atoms with Crippen LogP contribution in [0.2, 0.25) is 0 Å². The van der Waals surface area contributed by atoms with Gasteiger partial charge in [0.15, 0.2) is 0 Å². The van der Waals surface area contributed by atoms with Crippen LogP contribution in [-0.2, 0) is 30.4 Å². The molecule has 2 rings (SSSR count). The third-order valence-corrected chi connectivity index (χ3v) is 4.70. The van der Waals surface area contributed by atoms with E-state index in [1.165, 1.54) is 0 Å². The average Bonchev–Trinajstić information content (AvgIpc) is 3.17. The molecule has 2 aromatic rings. The summed E-state index contributed by atoms with van der Waals surface area (Å²) in [5.41, 5.74) is 7.62. The number of hydrogen-bond acceptors (Lipinski definition) is 7. The van der Waals surface area contributed by atoms with Crippen molar-refractivity contribution in [3.8, 4) is 0 Å². The number of aromatic nitrogens is 1. The van der Waals surface area contributed by atoms with E-state index >= 15 is 0 Å². The highest BCUT2D eigenvalue weighted by Gasteiger charge is 2.28. The van der Waals surface area contributed by atoms with E-state index in [2.05, 4.69) is 15.6 Å². The first-order valence-corrected chi connectivity index (χ1v) is 9.85. The van der Waals surface area contributed by atoms with Crippen LogP contribution in [0.3, 0.4) is 0 Å². The molecule has 13 nitrogen and oxygen atoms in total. The number of nitrogens with two attached hydrogens (primary N) is 1. The Morgan fingerprint density at radius 2 is 1.70 bits per heavy atom. The Balaban J connectivity index is 1.90. The number of carbonyl (C=O) groups is 5. The highest BCUT2D eigenvalue weighted by atomic mass is 16.4. The number of carbonyl (C=O) groups excluding carboxylic acids is 3. The summed E-state index contributed by atoms with van der Waals surface area (Å²) in [7, 11) is 0. The minimum Gasteiger partial charge on any atom is -0.481 e. The third kappa shape index (κ3) is 7.29. The molecule has 3 unspecified atom stereocenters. The molecule has 13 heteroatoms. The Hall–Kier alpha value is -3.97. The van der Waals surface area contributed by atoms with Gasteiger partial charge in [-0.3, -0.25) is 19.2 Å². The number of benzene rings is 1. The van der Waals surface area contributed by atoms with Crippen LogP contribution in [-0.4, -0.2) is 81.2 Å². The summed E-state index contributed by atoms with van der Waals surface area (Å²) < 4.78 is 0. The third-order valence-electron chi connectivity index (χ3n) is 4.70. The van der Waals surface area contributed by atoms with Gasteiger partial charge in [0.2, 0.25) is 17.7 Å². The van der Waals surface area contributed by atoms with Gasteiger partial charge < -0.3 is 42.0 Å². The van der Waals surface area contributed by atoms with Crippen molar-refractivity contribution < 1.29 is 39.3 Å². The number of hydrogen-bond donors (Lipinski definition) is 8. The Bertz CT molecular complexity index is 1040. The summed E-state index contributed by atoms with van der Waals surface area (Å²) in [5, 5.41) is 34.1. The van der Waals surface area contributed by atoms with Gasteiger partial charge in [0.1, 0.15) is 12.1 Å². The van der Waals surface area contributed by atoms with Gasteiger partial charge in [-0.1, -0.05) is 18.2 Å². The molecule has 1 aromatic carbocycles. The van der Waals surface area contributed by atoms with Crippen LogP contribution in [0.4, 0.5) is 0 Å². The molecule has 3 amide bonds. The number of carboxylic acids is 2. The van der Waals surface area contributed by atoms with Crippen LogP contribution in [0, 0.1) is 0 Å². The van der Waals surface area contributed by atoms with Gasteiger partial charge in [0.05, 0.1) is 25.6 Å². The van der Waals surface area contributed by atoms with Gasteiger partial charge >= 0.3 is 11.9 Å². The minimum absolute atomic E-state index is 0.194. The molecule has 0 aliphatic carbocycles. The lowest BCUT2D eigenvalue weighted by Gasteiger charge is -2.19. The molecule has 3 atom stereocenters. The molecule has 0 radical (unpaired) electrons. The fourth-order valence-corrected chi connectivity index (χ4v) is 3.02. The number of amides is 3. The number of aromatic amines is 1. The Labute approximate surface area is 187 Å². The molecule has 0 bridgehead atoms. The van der Waals surface area contributed by atoms with E-state index in [4.69, 9.17) is 21.1 Å². The Kier molecular flexibility index (Phi) is 8.89. The quantitative estimate of drug-likeness (QED) is 0.169. The number of nitrogens with one attached hydrogen (secondary N) is 4. The number of H-pyrrole nitrogens is 1. The maximum Gasteiger partial charge on any atom is 0.328 e. The van der Waals surface area contributed by atoms with Crippen LogP contribution in [0.25, 0.3) is 10.9 Å². The van der Waals surface area contributed by atoms with Crippen molar-refractivity contribution >= 4 is 40.6 Å². The predicted octanol–water partition coefficient (Wildman–Crippen LogP) is -2.32. The first-order valence-electron chi connectivity index (χ1n) is 9.85. The number of fused-ring (bicyclic) bond motifs is 1. The standard InChI is InChI=1S/C20H25N5O8/c21-12(5-10-7-22-13-4-2-1-3-11(10)13)18(30)23-8-16(27)24-14(6-17(28)29)19(31)25-15(9-26)20(32)33/h1-4,7,12,14-15,22,26H,5-6,8-9,21H2,(H,23,30)(H,24,27)(H,25,31)(H,28,29)(H,32,33). The summed E-state index contributed by atoms with van der Waals surface area (Å²) in [6.07, 6.45) is 1.08. The normalized spacial score (nSPS) is 13.5. The summed E-state index contributed by atoms with van der Waals surface area (Å²) in [4.78, 5) is 61.5. The van der Waals surface area contributed by atoms with E-state index < -0.39 is 67.4 Å². The van der Waals surface area contributed by atoms with Gasteiger partial charge in [0.25, 0.3) is 0 Å². The summed E-state index contributed by atoms with van der Waals surface area (Å²) in [6, 6.07) is 3.18. The van der Waals surface area contributed by atoms with Crippen LogP contribution < -0.4 is 21.7 Å². The average molecular weight is 463 g/mol.